The minimum atomic E-state index is 0.171. The summed E-state index contributed by atoms with van der Waals surface area (Å²) in [5.74, 6) is 0.171. The van der Waals surface area contributed by atoms with Crippen LogP contribution in [0.4, 0.5) is 0 Å². The van der Waals surface area contributed by atoms with Gasteiger partial charge in [-0.2, -0.15) is 0 Å². The van der Waals surface area contributed by atoms with Crippen molar-refractivity contribution < 1.29 is 14.3 Å². The first-order valence-corrected chi connectivity index (χ1v) is 5.66. The van der Waals surface area contributed by atoms with Gasteiger partial charge in [0.05, 0.1) is 13.2 Å². The van der Waals surface area contributed by atoms with Gasteiger partial charge in [-0.3, -0.25) is 4.79 Å². The second-order valence-electron chi connectivity index (χ2n) is 3.57. The van der Waals surface area contributed by atoms with Crippen molar-refractivity contribution in [2.24, 2.45) is 0 Å². The summed E-state index contributed by atoms with van der Waals surface area (Å²) in [6.07, 6.45) is 1.44. The normalized spacial score (nSPS) is 10.4. The highest BCUT2D eigenvalue weighted by atomic mass is 16.5. The van der Waals surface area contributed by atoms with Crippen LogP contribution < -0.4 is 5.32 Å². The topological polar surface area (TPSA) is 50.8 Å². The van der Waals surface area contributed by atoms with Crippen molar-refractivity contribution in [3.8, 4) is 0 Å². The third-order valence-corrected chi connectivity index (χ3v) is 2.30. The van der Waals surface area contributed by atoms with E-state index in [4.69, 9.17) is 9.47 Å². The molecular weight excluding hydrogens is 208 g/mol. The van der Waals surface area contributed by atoms with E-state index in [0.29, 0.717) is 32.7 Å². The zero-order valence-electron chi connectivity index (χ0n) is 10.6. The van der Waals surface area contributed by atoms with Crippen molar-refractivity contribution in [1.29, 1.82) is 0 Å². The summed E-state index contributed by atoms with van der Waals surface area (Å²) < 4.78 is 9.96. The van der Waals surface area contributed by atoms with E-state index in [9.17, 15) is 4.79 Å². The fourth-order valence-electron chi connectivity index (χ4n) is 1.34. The van der Waals surface area contributed by atoms with E-state index >= 15 is 0 Å². The Kier molecular flexibility index (Phi) is 10.4. The lowest BCUT2D eigenvalue weighted by molar-refractivity contribution is -0.132. The Morgan fingerprint density at radius 3 is 2.19 bits per heavy atom. The van der Waals surface area contributed by atoms with Crippen molar-refractivity contribution >= 4 is 5.91 Å². The van der Waals surface area contributed by atoms with Crippen LogP contribution in [0.25, 0.3) is 0 Å². The van der Waals surface area contributed by atoms with Crippen LogP contribution in [-0.2, 0) is 14.3 Å². The Morgan fingerprint density at radius 2 is 1.75 bits per heavy atom. The smallest absolute Gasteiger partial charge is 0.222 e. The molecule has 0 spiro atoms. The molecule has 1 N–H and O–H groups in total. The molecule has 0 radical (unpaired) electrons. The van der Waals surface area contributed by atoms with Crippen LogP contribution >= 0.6 is 0 Å². The first kappa shape index (κ1) is 15.3. The van der Waals surface area contributed by atoms with Gasteiger partial charge in [0.25, 0.3) is 0 Å². The molecule has 0 aliphatic carbocycles. The van der Waals surface area contributed by atoms with Gasteiger partial charge in [-0.1, -0.05) is 0 Å². The molecule has 16 heavy (non-hydrogen) atoms. The molecule has 0 aromatic rings. The molecule has 5 heteroatoms. The molecule has 5 nitrogen and oxygen atoms in total. The van der Waals surface area contributed by atoms with Gasteiger partial charge in [-0.15, -0.1) is 0 Å². The summed E-state index contributed by atoms with van der Waals surface area (Å²) >= 11 is 0. The quantitative estimate of drug-likeness (QED) is 0.543. The van der Waals surface area contributed by atoms with Crippen LogP contribution in [0.2, 0.25) is 0 Å². The molecule has 0 bridgehead atoms. The minimum Gasteiger partial charge on any atom is -0.383 e. The second kappa shape index (κ2) is 10.9. The predicted molar refractivity (Wildman–Crippen MR) is 63.5 cm³/mol. The third-order valence-electron chi connectivity index (χ3n) is 2.30. The molecule has 0 aromatic heterocycles. The van der Waals surface area contributed by atoms with E-state index in [1.54, 1.807) is 19.1 Å². The average molecular weight is 232 g/mol. The van der Waals surface area contributed by atoms with Crippen LogP contribution in [0.5, 0.6) is 0 Å². The van der Waals surface area contributed by atoms with E-state index in [1.165, 1.54) is 0 Å². The van der Waals surface area contributed by atoms with Crippen LogP contribution in [0.3, 0.4) is 0 Å². The third kappa shape index (κ3) is 7.62. The monoisotopic (exact) mass is 232 g/mol. The Morgan fingerprint density at radius 1 is 1.19 bits per heavy atom. The number of nitrogens with one attached hydrogen (secondary N) is 1. The second-order valence-corrected chi connectivity index (χ2v) is 3.57. The zero-order valence-corrected chi connectivity index (χ0v) is 10.6. The molecule has 0 heterocycles. The van der Waals surface area contributed by atoms with Crippen LogP contribution in [-0.4, -0.2) is 64.9 Å². The lowest BCUT2D eigenvalue weighted by Crippen LogP contribution is -2.36. The summed E-state index contributed by atoms with van der Waals surface area (Å²) in [5, 5.41) is 3.03. The molecule has 0 aliphatic rings. The van der Waals surface area contributed by atoms with Gasteiger partial charge < -0.3 is 19.7 Å². The number of hydrogen-bond acceptors (Lipinski definition) is 4. The zero-order chi connectivity index (χ0) is 12.2. The standard InChI is InChI=1S/C11H24N2O3/c1-12-6-4-5-11(14)13(7-9-15-2)8-10-16-3/h12H,4-10H2,1-3H3. The number of amides is 1. The number of hydrogen-bond donors (Lipinski definition) is 1. The van der Waals surface area contributed by atoms with Crippen LogP contribution in [0, 0.1) is 0 Å². The van der Waals surface area contributed by atoms with Crippen molar-refractivity contribution in [2.75, 3.05) is 54.1 Å². The summed E-state index contributed by atoms with van der Waals surface area (Å²) in [6, 6.07) is 0. The molecule has 0 rings (SSSR count). The van der Waals surface area contributed by atoms with Gasteiger partial charge in [-0.05, 0) is 20.0 Å². The number of carbonyl (C=O) groups is 1. The fraction of sp³-hybridized carbons (Fsp3) is 0.909. The van der Waals surface area contributed by atoms with Crippen molar-refractivity contribution in [3.05, 3.63) is 0 Å². The van der Waals surface area contributed by atoms with Gasteiger partial charge in [0, 0.05) is 33.7 Å². The number of nitrogens with zero attached hydrogens (tertiary/aromatic N) is 1. The molecule has 1 amide bonds. The summed E-state index contributed by atoms with van der Waals surface area (Å²) in [7, 11) is 5.16. The van der Waals surface area contributed by atoms with Gasteiger partial charge in [0.15, 0.2) is 0 Å². The molecule has 0 unspecified atom stereocenters. The average Bonchev–Trinajstić information content (AvgIpc) is 2.29. The highest BCUT2D eigenvalue weighted by Crippen LogP contribution is 1.98. The molecule has 0 saturated heterocycles. The van der Waals surface area contributed by atoms with Crippen LogP contribution in [0.1, 0.15) is 12.8 Å². The first-order chi connectivity index (χ1) is 7.76. The molecule has 96 valence electrons. The molecular formula is C11H24N2O3. The molecule has 0 fully saturated rings. The molecule has 0 aromatic carbocycles. The fourth-order valence-corrected chi connectivity index (χ4v) is 1.34. The maximum atomic E-state index is 11.8. The molecule has 0 saturated carbocycles. The summed E-state index contributed by atoms with van der Waals surface area (Å²) in [5.41, 5.74) is 0. The van der Waals surface area contributed by atoms with Gasteiger partial charge >= 0.3 is 0 Å². The maximum Gasteiger partial charge on any atom is 0.222 e. The summed E-state index contributed by atoms with van der Waals surface area (Å²) in [4.78, 5) is 13.6. The Balaban J connectivity index is 3.88. The number of methoxy groups -OCH3 is 2. The van der Waals surface area contributed by atoms with Gasteiger partial charge in [-0.25, -0.2) is 0 Å². The van der Waals surface area contributed by atoms with E-state index in [1.807, 2.05) is 7.05 Å². The Bertz CT molecular complexity index is 169. The van der Waals surface area contributed by atoms with E-state index in [-0.39, 0.29) is 5.91 Å². The number of rotatable bonds is 10. The number of ether oxygens (including phenoxy) is 2. The summed E-state index contributed by atoms with van der Waals surface area (Å²) in [6.45, 7) is 3.29. The molecule has 0 atom stereocenters. The lowest BCUT2D eigenvalue weighted by Gasteiger charge is -2.22. The SMILES string of the molecule is CNCCCC(=O)N(CCOC)CCOC. The van der Waals surface area contributed by atoms with Crippen molar-refractivity contribution in [3.63, 3.8) is 0 Å². The Labute approximate surface area is 98.1 Å². The van der Waals surface area contributed by atoms with Crippen molar-refractivity contribution in [1.82, 2.24) is 10.2 Å². The van der Waals surface area contributed by atoms with E-state index in [2.05, 4.69) is 5.32 Å². The van der Waals surface area contributed by atoms with Crippen molar-refractivity contribution in [2.45, 2.75) is 12.8 Å². The largest absolute Gasteiger partial charge is 0.383 e. The first-order valence-electron chi connectivity index (χ1n) is 5.66. The molecule has 0 aliphatic heterocycles. The predicted octanol–water partition coefficient (Wildman–Crippen LogP) is 0.107. The van der Waals surface area contributed by atoms with Gasteiger partial charge in [0.2, 0.25) is 5.91 Å². The minimum absolute atomic E-state index is 0.171. The van der Waals surface area contributed by atoms with Gasteiger partial charge in [0.1, 0.15) is 0 Å². The highest BCUT2D eigenvalue weighted by Gasteiger charge is 2.11. The lowest BCUT2D eigenvalue weighted by atomic mass is 10.2. The highest BCUT2D eigenvalue weighted by molar-refractivity contribution is 5.76. The number of carbonyl (C=O) groups excluding carboxylic acids is 1. The van der Waals surface area contributed by atoms with Crippen LogP contribution in [0.15, 0.2) is 0 Å². The van der Waals surface area contributed by atoms with E-state index in [0.717, 1.165) is 13.0 Å². The van der Waals surface area contributed by atoms with E-state index < -0.39 is 0 Å². The maximum absolute atomic E-state index is 11.8. The Hall–Kier alpha value is -0.650.